The van der Waals surface area contributed by atoms with Crippen LogP contribution in [-0.4, -0.2) is 37.3 Å². The normalized spacial score (nSPS) is 12.6. The van der Waals surface area contributed by atoms with Crippen LogP contribution in [0.1, 0.15) is 18.1 Å². The molecule has 3 aromatic carbocycles. The molecule has 0 aliphatic heterocycles. The van der Waals surface area contributed by atoms with E-state index >= 15 is 0 Å². The number of hydrazone groups is 1. The lowest BCUT2D eigenvalue weighted by atomic mass is 10.1. The number of benzene rings is 3. The van der Waals surface area contributed by atoms with E-state index in [0.29, 0.717) is 16.5 Å². The van der Waals surface area contributed by atoms with Gasteiger partial charge in [-0.05, 0) is 48.4 Å². The van der Waals surface area contributed by atoms with Crippen molar-refractivity contribution >= 4 is 41.2 Å². The van der Waals surface area contributed by atoms with Gasteiger partial charge in [0.25, 0.3) is 11.8 Å². The summed E-state index contributed by atoms with van der Waals surface area (Å²) in [6.07, 6.45) is 0.845. The number of carbonyl (C=O) groups is 2. The minimum Gasteiger partial charge on any atom is -0.497 e. The number of methoxy groups -OCH3 is 1. The summed E-state index contributed by atoms with van der Waals surface area (Å²) in [5.41, 5.74) is 4.12. The first-order chi connectivity index (χ1) is 16.9. The molecule has 0 saturated carbocycles. The second-order valence-electron chi connectivity index (χ2n) is 7.60. The summed E-state index contributed by atoms with van der Waals surface area (Å²) in [6.45, 7) is 1.57. The Labute approximate surface area is 214 Å². The minimum absolute atomic E-state index is 0.265. The molecule has 0 aliphatic rings. The van der Waals surface area contributed by atoms with Crippen molar-refractivity contribution in [3.05, 3.63) is 94.0 Å². The Bertz CT molecular complexity index is 1190. The fraction of sp³-hybridized carbons (Fsp3) is 0.192. The number of halogens is 2. The maximum atomic E-state index is 12.9. The van der Waals surface area contributed by atoms with Gasteiger partial charge in [0, 0.05) is 11.4 Å². The van der Waals surface area contributed by atoms with Crippen molar-refractivity contribution in [3.8, 4) is 11.5 Å². The van der Waals surface area contributed by atoms with Gasteiger partial charge in [-0.25, -0.2) is 5.43 Å². The van der Waals surface area contributed by atoms with E-state index in [4.69, 9.17) is 32.7 Å². The first-order valence-corrected chi connectivity index (χ1v) is 11.5. The topological polar surface area (TPSA) is 89.0 Å². The average Bonchev–Trinajstić information content (AvgIpc) is 2.86. The average molecular weight is 514 g/mol. The molecule has 0 heterocycles. The number of rotatable bonds is 10. The van der Waals surface area contributed by atoms with Gasteiger partial charge in [0.1, 0.15) is 17.5 Å². The number of carbonyl (C=O) groups excluding carboxylic acids is 2. The third kappa shape index (κ3) is 8.02. The summed E-state index contributed by atoms with van der Waals surface area (Å²) in [6, 6.07) is 20.4. The molecule has 0 bridgehead atoms. The van der Waals surface area contributed by atoms with Crippen molar-refractivity contribution in [2.75, 3.05) is 7.11 Å². The first-order valence-electron chi connectivity index (χ1n) is 10.8. The number of ether oxygens (including phenoxy) is 2. The molecule has 7 nitrogen and oxygen atoms in total. The van der Waals surface area contributed by atoms with Gasteiger partial charge in [0.05, 0.1) is 18.3 Å². The molecular formula is C26H25Cl2N3O4. The van der Waals surface area contributed by atoms with Crippen molar-refractivity contribution in [1.82, 2.24) is 10.7 Å². The molecule has 182 valence electrons. The Balaban J connectivity index is 1.68. The van der Waals surface area contributed by atoms with Gasteiger partial charge >= 0.3 is 0 Å². The van der Waals surface area contributed by atoms with Gasteiger partial charge < -0.3 is 14.8 Å². The van der Waals surface area contributed by atoms with Crippen molar-refractivity contribution in [2.24, 2.45) is 5.10 Å². The second kappa shape index (κ2) is 12.8. The zero-order valence-corrected chi connectivity index (χ0v) is 20.7. The fourth-order valence-electron chi connectivity index (χ4n) is 3.13. The first kappa shape index (κ1) is 26.1. The number of hydrogen-bond acceptors (Lipinski definition) is 5. The molecule has 3 aromatic rings. The summed E-state index contributed by atoms with van der Waals surface area (Å²) in [7, 11) is 1.57. The van der Waals surface area contributed by atoms with Gasteiger partial charge in [0.15, 0.2) is 6.10 Å². The monoisotopic (exact) mass is 513 g/mol. The smallest absolute Gasteiger partial charge is 0.262 e. The van der Waals surface area contributed by atoms with Gasteiger partial charge in [-0.2, -0.15) is 5.10 Å². The number of amides is 2. The molecule has 0 radical (unpaired) electrons. The largest absolute Gasteiger partial charge is 0.497 e. The highest BCUT2D eigenvalue weighted by Gasteiger charge is 2.25. The maximum Gasteiger partial charge on any atom is 0.262 e. The van der Waals surface area contributed by atoms with Gasteiger partial charge in [0.2, 0.25) is 0 Å². The van der Waals surface area contributed by atoms with Gasteiger partial charge in [-0.1, -0.05) is 65.7 Å². The Morgan fingerprint density at radius 3 is 2.49 bits per heavy atom. The molecule has 0 spiro atoms. The van der Waals surface area contributed by atoms with Crippen LogP contribution in [0.15, 0.2) is 77.9 Å². The van der Waals surface area contributed by atoms with E-state index in [9.17, 15) is 9.59 Å². The Morgan fingerprint density at radius 1 is 1.00 bits per heavy atom. The van der Waals surface area contributed by atoms with Crippen LogP contribution in [0.25, 0.3) is 0 Å². The molecule has 2 atom stereocenters. The molecule has 0 aromatic heterocycles. The Morgan fingerprint density at radius 2 is 1.77 bits per heavy atom. The van der Waals surface area contributed by atoms with E-state index in [2.05, 4.69) is 15.8 Å². The molecule has 0 saturated heterocycles. The molecule has 0 unspecified atom stereocenters. The SMILES string of the molecule is COc1cccc(/C=N\NC(=O)[C@@H](Cc2ccccc2)NC(=O)[C@H](C)Oc2ccc(Cl)cc2Cl)c1. The molecule has 2 N–H and O–H groups in total. The number of nitrogens with zero attached hydrogens (tertiary/aromatic N) is 1. The van der Waals surface area contributed by atoms with Crippen LogP contribution in [0.3, 0.4) is 0 Å². The van der Waals surface area contributed by atoms with Crippen LogP contribution < -0.4 is 20.2 Å². The van der Waals surface area contributed by atoms with Gasteiger partial charge in [-0.3, -0.25) is 9.59 Å². The third-order valence-electron chi connectivity index (χ3n) is 4.96. The molecule has 9 heteroatoms. The quantitative estimate of drug-likeness (QED) is 0.305. The van der Waals surface area contributed by atoms with E-state index in [-0.39, 0.29) is 11.4 Å². The van der Waals surface area contributed by atoms with Crippen LogP contribution in [0.4, 0.5) is 0 Å². The van der Waals surface area contributed by atoms with Crippen LogP contribution >= 0.6 is 23.2 Å². The summed E-state index contributed by atoms with van der Waals surface area (Å²) < 4.78 is 10.9. The molecule has 0 aliphatic carbocycles. The maximum absolute atomic E-state index is 12.9. The van der Waals surface area contributed by atoms with Crippen molar-refractivity contribution in [1.29, 1.82) is 0 Å². The predicted octanol–water partition coefficient (Wildman–Crippen LogP) is 4.65. The van der Waals surface area contributed by atoms with Crippen molar-refractivity contribution in [3.63, 3.8) is 0 Å². The number of nitrogens with one attached hydrogen (secondary N) is 2. The highest BCUT2D eigenvalue weighted by atomic mass is 35.5. The lowest BCUT2D eigenvalue weighted by Crippen LogP contribution is -2.50. The zero-order chi connectivity index (χ0) is 25.2. The zero-order valence-electron chi connectivity index (χ0n) is 19.2. The van der Waals surface area contributed by atoms with Crippen LogP contribution in [0.5, 0.6) is 11.5 Å². The third-order valence-corrected chi connectivity index (χ3v) is 5.50. The molecule has 3 rings (SSSR count). The van der Waals surface area contributed by atoms with E-state index < -0.39 is 24.0 Å². The Hall–Kier alpha value is -3.55. The standard InChI is InChI=1S/C26H25Cl2N3O4/c1-17(35-24-12-11-20(27)15-22(24)28)25(32)30-23(14-18-7-4-3-5-8-18)26(33)31-29-16-19-9-6-10-21(13-19)34-2/h3-13,15-17,23H,14H2,1-2H3,(H,30,32)(H,31,33)/b29-16-/t17-,23+/m0/s1. The lowest BCUT2D eigenvalue weighted by molar-refractivity contribution is -0.132. The predicted molar refractivity (Wildman–Crippen MR) is 137 cm³/mol. The summed E-state index contributed by atoms with van der Waals surface area (Å²) in [4.78, 5) is 25.8. The fourth-order valence-corrected chi connectivity index (χ4v) is 3.59. The van der Waals surface area contributed by atoms with Crippen molar-refractivity contribution in [2.45, 2.75) is 25.5 Å². The summed E-state index contributed by atoms with van der Waals surface area (Å²) in [5, 5.41) is 7.50. The van der Waals surface area contributed by atoms with E-state index in [1.165, 1.54) is 12.3 Å². The van der Waals surface area contributed by atoms with Crippen LogP contribution in [0.2, 0.25) is 10.0 Å². The van der Waals surface area contributed by atoms with Crippen LogP contribution in [0, 0.1) is 0 Å². The molecule has 35 heavy (non-hydrogen) atoms. The minimum atomic E-state index is -0.917. The molecule has 2 amide bonds. The Kier molecular flexibility index (Phi) is 9.52. The molecule has 0 fully saturated rings. The summed E-state index contributed by atoms with van der Waals surface area (Å²) in [5.74, 6) is 0.0249. The second-order valence-corrected chi connectivity index (χ2v) is 8.44. The van der Waals surface area contributed by atoms with Crippen LogP contribution in [-0.2, 0) is 16.0 Å². The number of hydrogen-bond donors (Lipinski definition) is 2. The van der Waals surface area contributed by atoms with E-state index in [1.54, 1.807) is 32.2 Å². The lowest BCUT2D eigenvalue weighted by Gasteiger charge is -2.21. The highest BCUT2D eigenvalue weighted by Crippen LogP contribution is 2.28. The van der Waals surface area contributed by atoms with E-state index in [0.717, 1.165) is 11.1 Å². The van der Waals surface area contributed by atoms with E-state index in [1.807, 2.05) is 48.5 Å². The highest BCUT2D eigenvalue weighted by molar-refractivity contribution is 6.35. The molecular weight excluding hydrogens is 489 g/mol. The van der Waals surface area contributed by atoms with Gasteiger partial charge in [-0.15, -0.1) is 0 Å². The summed E-state index contributed by atoms with van der Waals surface area (Å²) >= 11 is 12.1. The van der Waals surface area contributed by atoms with Crippen molar-refractivity contribution < 1.29 is 19.1 Å².